The van der Waals surface area contributed by atoms with Gasteiger partial charge in [0.15, 0.2) is 11.5 Å². The van der Waals surface area contributed by atoms with E-state index in [1.807, 2.05) is 18.2 Å². The maximum absolute atomic E-state index is 13.4. The van der Waals surface area contributed by atoms with Crippen LogP contribution in [0.3, 0.4) is 0 Å². The lowest BCUT2D eigenvalue weighted by molar-refractivity contribution is -0.119. The Labute approximate surface area is 207 Å². The summed E-state index contributed by atoms with van der Waals surface area (Å²) in [6.45, 7) is 1.50. The molecule has 2 aromatic carbocycles. The van der Waals surface area contributed by atoms with Gasteiger partial charge in [0, 0.05) is 18.5 Å². The van der Waals surface area contributed by atoms with Gasteiger partial charge in [-0.3, -0.25) is 9.59 Å². The Balaban J connectivity index is 1.91. The number of methoxy groups -OCH3 is 3. The lowest BCUT2D eigenvalue weighted by Crippen LogP contribution is -2.27. The summed E-state index contributed by atoms with van der Waals surface area (Å²) < 4.78 is 17.1. The van der Waals surface area contributed by atoms with E-state index in [4.69, 9.17) is 14.2 Å². The number of nitrogens with one attached hydrogen (secondary N) is 2. The number of hydrogen-bond donors (Lipinski definition) is 2. The van der Waals surface area contributed by atoms with Crippen molar-refractivity contribution in [1.82, 2.24) is 5.32 Å². The van der Waals surface area contributed by atoms with Gasteiger partial charge >= 0.3 is 0 Å². The number of carbonyl (C=O) groups excluding carboxylic acids is 1. The summed E-state index contributed by atoms with van der Waals surface area (Å²) in [5, 5.41) is 6.58. The van der Waals surface area contributed by atoms with Crippen molar-refractivity contribution in [2.45, 2.75) is 70.4 Å². The van der Waals surface area contributed by atoms with Crippen LogP contribution in [0.2, 0.25) is 0 Å². The molecule has 188 valence electrons. The van der Waals surface area contributed by atoms with Crippen molar-refractivity contribution < 1.29 is 19.0 Å². The van der Waals surface area contributed by atoms with Crippen molar-refractivity contribution in [3.05, 3.63) is 45.6 Å². The van der Waals surface area contributed by atoms with Crippen LogP contribution in [-0.2, 0) is 11.2 Å². The second kappa shape index (κ2) is 11.0. The largest absolute Gasteiger partial charge is 0.493 e. The maximum atomic E-state index is 13.4. The predicted octanol–water partition coefficient (Wildman–Crippen LogP) is 5.00. The lowest BCUT2D eigenvalue weighted by atomic mass is 9.95. The number of fused-ring (bicyclic) bond motifs is 3. The average Bonchev–Trinajstić information content (AvgIpc) is 3.25. The van der Waals surface area contributed by atoms with Crippen LogP contribution in [0.4, 0.5) is 5.69 Å². The molecule has 2 aromatic rings. The van der Waals surface area contributed by atoms with Gasteiger partial charge < -0.3 is 24.8 Å². The summed E-state index contributed by atoms with van der Waals surface area (Å²) in [6.07, 6.45) is 8.32. The molecular formula is C28H36N2O5. The molecule has 4 rings (SSSR count). The molecule has 7 nitrogen and oxygen atoms in total. The van der Waals surface area contributed by atoms with Gasteiger partial charge in [-0.15, -0.1) is 0 Å². The SMILES string of the molecule is COc1cc2c(c(OC)c1OC)-c1ccc(NC3CCCCCC3)c(=O)cc1[C@H](NC(C)=O)CC2. The number of ether oxygens (including phenoxy) is 3. The maximum Gasteiger partial charge on any atom is 0.217 e. The molecule has 0 unspecified atom stereocenters. The zero-order chi connectivity index (χ0) is 24.9. The Morgan fingerprint density at radius 3 is 2.26 bits per heavy atom. The summed E-state index contributed by atoms with van der Waals surface area (Å²) >= 11 is 0. The van der Waals surface area contributed by atoms with Crippen LogP contribution < -0.4 is 30.3 Å². The second-order valence-corrected chi connectivity index (χ2v) is 9.43. The Morgan fingerprint density at radius 1 is 0.914 bits per heavy atom. The number of benzene rings is 1. The molecule has 1 amide bonds. The third-order valence-corrected chi connectivity index (χ3v) is 7.13. The van der Waals surface area contributed by atoms with Crippen molar-refractivity contribution in [2.75, 3.05) is 26.6 Å². The molecule has 1 fully saturated rings. The van der Waals surface area contributed by atoms with E-state index in [1.165, 1.54) is 32.6 Å². The van der Waals surface area contributed by atoms with E-state index in [1.54, 1.807) is 27.4 Å². The average molecular weight is 481 g/mol. The number of amides is 1. The Hall–Kier alpha value is -3.22. The minimum Gasteiger partial charge on any atom is -0.493 e. The molecule has 2 N–H and O–H groups in total. The molecular weight excluding hydrogens is 444 g/mol. The predicted molar refractivity (Wildman–Crippen MR) is 138 cm³/mol. The summed E-state index contributed by atoms with van der Waals surface area (Å²) in [5.41, 5.74) is 4.03. The third-order valence-electron chi connectivity index (χ3n) is 7.13. The number of carbonyl (C=O) groups is 1. The summed E-state index contributed by atoms with van der Waals surface area (Å²) in [6, 6.07) is 7.49. The molecule has 1 atom stereocenters. The molecule has 0 radical (unpaired) electrons. The van der Waals surface area contributed by atoms with Crippen LogP contribution in [0, 0.1) is 0 Å². The van der Waals surface area contributed by atoms with Crippen LogP contribution in [0.1, 0.15) is 69.0 Å². The molecule has 1 saturated carbocycles. The first kappa shape index (κ1) is 24.9. The molecule has 0 aromatic heterocycles. The van der Waals surface area contributed by atoms with Crippen LogP contribution in [0.25, 0.3) is 11.1 Å². The fourth-order valence-corrected chi connectivity index (χ4v) is 5.47. The van der Waals surface area contributed by atoms with Gasteiger partial charge in [0.05, 0.1) is 33.1 Å². The molecule has 0 spiro atoms. The highest BCUT2D eigenvalue weighted by Gasteiger charge is 2.29. The number of aryl methyl sites for hydroxylation is 1. The van der Waals surface area contributed by atoms with E-state index in [-0.39, 0.29) is 17.4 Å². The van der Waals surface area contributed by atoms with Crippen molar-refractivity contribution in [3.63, 3.8) is 0 Å². The van der Waals surface area contributed by atoms with Gasteiger partial charge in [-0.05, 0) is 60.6 Å². The summed E-state index contributed by atoms with van der Waals surface area (Å²) in [7, 11) is 4.79. The molecule has 0 aliphatic heterocycles. The molecule has 35 heavy (non-hydrogen) atoms. The Bertz CT molecular complexity index is 1140. The molecule has 0 saturated heterocycles. The second-order valence-electron chi connectivity index (χ2n) is 9.43. The first-order valence-corrected chi connectivity index (χ1v) is 12.5. The van der Waals surface area contributed by atoms with Crippen LogP contribution in [-0.4, -0.2) is 33.3 Å². The van der Waals surface area contributed by atoms with E-state index in [0.717, 1.165) is 35.1 Å². The summed E-state index contributed by atoms with van der Waals surface area (Å²) in [4.78, 5) is 25.5. The van der Waals surface area contributed by atoms with Crippen molar-refractivity contribution in [3.8, 4) is 28.4 Å². The minimum absolute atomic E-state index is 0.0752. The third kappa shape index (κ3) is 5.24. The minimum atomic E-state index is -0.303. The van der Waals surface area contributed by atoms with Crippen molar-refractivity contribution in [1.29, 1.82) is 0 Å². The van der Waals surface area contributed by atoms with Gasteiger partial charge in [0.1, 0.15) is 0 Å². The summed E-state index contributed by atoms with van der Waals surface area (Å²) in [5.74, 6) is 1.51. The molecule has 7 heteroatoms. The van der Waals surface area contributed by atoms with Crippen molar-refractivity contribution >= 4 is 11.6 Å². The van der Waals surface area contributed by atoms with Gasteiger partial charge in [-0.1, -0.05) is 31.7 Å². The zero-order valence-electron chi connectivity index (χ0n) is 21.2. The zero-order valence-corrected chi connectivity index (χ0v) is 21.2. The van der Waals surface area contributed by atoms with Crippen molar-refractivity contribution in [2.24, 2.45) is 0 Å². The highest BCUT2D eigenvalue weighted by atomic mass is 16.5. The number of hydrogen-bond acceptors (Lipinski definition) is 6. The lowest BCUT2D eigenvalue weighted by Gasteiger charge is -2.19. The van der Waals surface area contributed by atoms with E-state index in [9.17, 15) is 9.59 Å². The van der Waals surface area contributed by atoms with E-state index in [2.05, 4.69) is 10.6 Å². The fraction of sp³-hybridized carbons (Fsp3) is 0.500. The van der Waals surface area contributed by atoms with Crippen LogP contribution in [0.15, 0.2) is 29.1 Å². The van der Waals surface area contributed by atoms with Crippen LogP contribution >= 0.6 is 0 Å². The van der Waals surface area contributed by atoms with Gasteiger partial charge in [-0.25, -0.2) is 0 Å². The topological polar surface area (TPSA) is 85.9 Å². The van der Waals surface area contributed by atoms with Gasteiger partial charge in [-0.2, -0.15) is 0 Å². The van der Waals surface area contributed by atoms with E-state index in [0.29, 0.717) is 41.8 Å². The van der Waals surface area contributed by atoms with E-state index >= 15 is 0 Å². The Kier molecular flexibility index (Phi) is 7.83. The molecule has 2 aliphatic rings. The standard InChI is InChI=1S/C28H36N2O5/c1-17(31)29-22-13-11-18-15-25(33-2)27(34-3)28(35-4)26(18)20-12-14-23(24(32)16-21(20)22)30-19-9-7-5-6-8-10-19/h12,14-16,19,22H,5-11,13H2,1-4H3,(H,29,31)(H,30,32)/t22-/m1/s1. The first-order chi connectivity index (χ1) is 17.0. The smallest absolute Gasteiger partial charge is 0.217 e. The van der Waals surface area contributed by atoms with Gasteiger partial charge in [0.25, 0.3) is 0 Å². The Morgan fingerprint density at radius 2 is 1.63 bits per heavy atom. The normalized spacial score (nSPS) is 17.8. The molecule has 2 aliphatic carbocycles. The quantitative estimate of drug-likeness (QED) is 0.566. The monoisotopic (exact) mass is 480 g/mol. The highest BCUT2D eigenvalue weighted by Crippen LogP contribution is 2.50. The first-order valence-electron chi connectivity index (χ1n) is 12.5. The number of anilines is 1. The molecule has 0 bridgehead atoms. The van der Waals surface area contributed by atoms with E-state index < -0.39 is 0 Å². The van der Waals surface area contributed by atoms with Gasteiger partial charge in [0.2, 0.25) is 17.1 Å². The highest BCUT2D eigenvalue weighted by molar-refractivity contribution is 5.83. The fourth-order valence-electron chi connectivity index (χ4n) is 5.47. The van der Waals surface area contributed by atoms with Crippen LogP contribution in [0.5, 0.6) is 17.2 Å². The molecule has 0 heterocycles. The number of rotatable bonds is 6.